The highest BCUT2D eigenvalue weighted by Crippen LogP contribution is 2.31. The first-order chi connectivity index (χ1) is 15.1. The Morgan fingerprint density at radius 1 is 1.09 bits per heavy atom. The molecule has 2 aromatic carbocycles. The number of nitrogens with one attached hydrogen (secondary N) is 1. The summed E-state index contributed by atoms with van der Waals surface area (Å²) in [6, 6.07) is 14.9. The molecule has 0 saturated carbocycles. The second-order valence-corrected chi connectivity index (χ2v) is 10.7. The van der Waals surface area contributed by atoms with Crippen molar-refractivity contribution in [1.82, 2.24) is 5.48 Å². The topological polar surface area (TPSA) is 149 Å². The van der Waals surface area contributed by atoms with E-state index in [1.807, 2.05) is 36.4 Å². The van der Waals surface area contributed by atoms with E-state index in [0.717, 1.165) is 22.9 Å². The van der Waals surface area contributed by atoms with Crippen molar-refractivity contribution in [2.45, 2.75) is 42.9 Å². The van der Waals surface area contributed by atoms with Crippen LogP contribution in [0.5, 0.6) is 0 Å². The maximum atomic E-state index is 12.2. The molecule has 0 fully saturated rings. The number of hydroxylamine groups is 1. The summed E-state index contributed by atoms with van der Waals surface area (Å²) in [5.74, 6) is 0. The molecule has 0 saturated heterocycles. The zero-order chi connectivity index (χ0) is 23.5. The highest BCUT2D eigenvalue weighted by Gasteiger charge is 2.46. The smallest absolute Gasteiger partial charge is 0.156 e. The Hall–Kier alpha value is -2.34. The quantitative estimate of drug-likeness (QED) is 0.276. The van der Waals surface area contributed by atoms with E-state index in [1.54, 1.807) is 17.6 Å². The molecule has 32 heavy (non-hydrogen) atoms. The van der Waals surface area contributed by atoms with Crippen LogP contribution in [0.25, 0.3) is 11.1 Å². The molecule has 1 unspecified atom stereocenters. The Labute approximate surface area is 186 Å². The SMILES string of the molecule is C[C@@](C[C@H]1CC(c2ccc(-c3ccc([C@@H](O)CO)cc3)cc2)=NO1)(C(O)NO)S(C)(=O)=O. The van der Waals surface area contributed by atoms with Gasteiger partial charge in [-0.2, -0.15) is 5.48 Å². The van der Waals surface area contributed by atoms with E-state index in [-0.39, 0.29) is 13.0 Å². The summed E-state index contributed by atoms with van der Waals surface area (Å²) in [7, 11) is -3.72. The van der Waals surface area contributed by atoms with Crippen molar-refractivity contribution >= 4 is 15.5 Å². The standard InChI is InChI=1S/C22H28N2O7S/c1-22(21(27)23-28,32(2,29)30)12-18-11-19(24-31-18)16-7-3-14(4-8-16)15-5-9-17(10-6-15)20(26)13-25/h3-10,18,20-21,23,25-28H,11-13H2,1-2H3/t18-,20+,21?,22-/m1/s1. The molecule has 0 aromatic heterocycles. The number of rotatable bonds is 9. The van der Waals surface area contributed by atoms with Gasteiger partial charge in [0.2, 0.25) is 0 Å². The molecule has 174 valence electrons. The maximum absolute atomic E-state index is 12.2. The lowest BCUT2D eigenvalue weighted by molar-refractivity contribution is -0.0355. The summed E-state index contributed by atoms with van der Waals surface area (Å²) in [6.07, 6.45) is -1.85. The molecule has 0 spiro atoms. The van der Waals surface area contributed by atoms with Crippen LogP contribution in [0.4, 0.5) is 0 Å². The fourth-order valence-electron chi connectivity index (χ4n) is 3.62. The predicted molar refractivity (Wildman–Crippen MR) is 119 cm³/mol. The molecule has 10 heteroatoms. The number of hydrogen-bond donors (Lipinski definition) is 5. The average Bonchev–Trinajstić information content (AvgIpc) is 3.25. The summed E-state index contributed by atoms with van der Waals surface area (Å²) in [4.78, 5) is 5.43. The minimum absolute atomic E-state index is 0.0579. The van der Waals surface area contributed by atoms with Crippen LogP contribution in [0.1, 0.15) is 37.0 Å². The third kappa shape index (κ3) is 5.01. The molecule has 0 amide bonds. The minimum atomic E-state index is -3.72. The summed E-state index contributed by atoms with van der Waals surface area (Å²) < 4.78 is 22.8. The van der Waals surface area contributed by atoms with Crippen molar-refractivity contribution in [3.63, 3.8) is 0 Å². The van der Waals surface area contributed by atoms with Gasteiger partial charge >= 0.3 is 0 Å². The van der Waals surface area contributed by atoms with E-state index >= 15 is 0 Å². The largest absolute Gasteiger partial charge is 0.393 e. The summed E-state index contributed by atoms with van der Waals surface area (Å²) in [6.45, 7) is 1.01. The molecule has 0 aliphatic carbocycles. The Kier molecular flexibility index (Phi) is 7.33. The van der Waals surface area contributed by atoms with Crippen LogP contribution in [-0.4, -0.2) is 64.6 Å². The van der Waals surface area contributed by atoms with E-state index in [0.29, 0.717) is 17.7 Å². The van der Waals surface area contributed by atoms with Gasteiger partial charge in [0.1, 0.15) is 23.2 Å². The van der Waals surface area contributed by atoms with Crippen molar-refractivity contribution in [2.24, 2.45) is 5.16 Å². The number of aliphatic hydroxyl groups excluding tert-OH is 3. The van der Waals surface area contributed by atoms with Crippen LogP contribution in [0.15, 0.2) is 53.7 Å². The molecule has 0 radical (unpaired) electrons. The van der Waals surface area contributed by atoms with Crippen molar-refractivity contribution in [2.75, 3.05) is 12.9 Å². The van der Waals surface area contributed by atoms with E-state index < -0.39 is 33.0 Å². The van der Waals surface area contributed by atoms with Gasteiger partial charge < -0.3 is 25.4 Å². The molecule has 5 N–H and O–H groups in total. The molecule has 0 bridgehead atoms. The van der Waals surface area contributed by atoms with Gasteiger partial charge in [0, 0.05) is 19.1 Å². The van der Waals surface area contributed by atoms with Crippen LogP contribution in [0.3, 0.4) is 0 Å². The summed E-state index contributed by atoms with van der Waals surface area (Å²) in [5, 5.41) is 41.9. The predicted octanol–water partition coefficient (Wildman–Crippen LogP) is 1.36. The van der Waals surface area contributed by atoms with Gasteiger partial charge in [0.25, 0.3) is 0 Å². The summed E-state index contributed by atoms with van der Waals surface area (Å²) >= 11 is 0. The van der Waals surface area contributed by atoms with Gasteiger partial charge in [0.05, 0.1) is 12.3 Å². The van der Waals surface area contributed by atoms with Gasteiger partial charge in [-0.3, -0.25) is 0 Å². The Bertz CT molecular complexity index is 1050. The number of oxime groups is 1. The van der Waals surface area contributed by atoms with Gasteiger partial charge in [-0.05, 0) is 29.2 Å². The van der Waals surface area contributed by atoms with Gasteiger partial charge in [-0.15, -0.1) is 0 Å². The third-order valence-corrected chi connectivity index (χ3v) is 8.02. The number of aliphatic hydroxyl groups is 3. The highest BCUT2D eigenvalue weighted by molar-refractivity contribution is 7.92. The second-order valence-electron chi connectivity index (χ2n) is 8.19. The molecule has 3 rings (SSSR count). The summed E-state index contributed by atoms with van der Waals surface area (Å²) in [5.41, 5.74) is 5.64. The van der Waals surface area contributed by atoms with E-state index in [1.165, 1.54) is 6.92 Å². The Morgan fingerprint density at radius 3 is 2.12 bits per heavy atom. The van der Waals surface area contributed by atoms with Gasteiger partial charge in [-0.25, -0.2) is 8.42 Å². The van der Waals surface area contributed by atoms with Crippen molar-refractivity contribution < 1.29 is 33.8 Å². The Balaban J connectivity index is 1.69. The molecule has 9 nitrogen and oxygen atoms in total. The van der Waals surface area contributed by atoms with Crippen LogP contribution in [0.2, 0.25) is 0 Å². The molecule has 4 atom stereocenters. The fraction of sp³-hybridized carbons (Fsp3) is 0.409. The average molecular weight is 465 g/mol. The van der Waals surface area contributed by atoms with E-state index in [2.05, 4.69) is 5.16 Å². The van der Waals surface area contributed by atoms with Crippen LogP contribution < -0.4 is 5.48 Å². The maximum Gasteiger partial charge on any atom is 0.156 e. The number of sulfone groups is 1. The zero-order valence-corrected chi connectivity index (χ0v) is 18.7. The molecule has 1 aliphatic heterocycles. The molecule has 2 aromatic rings. The van der Waals surface area contributed by atoms with Crippen LogP contribution in [0, 0.1) is 0 Å². The molecule has 1 heterocycles. The van der Waals surface area contributed by atoms with Crippen molar-refractivity contribution in [3.05, 3.63) is 59.7 Å². The number of benzene rings is 2. The van der Waals surface area contributed by atoms with Crippen LogP contribution in [-0.2, 0) is 14.7 Å². The lowest BCUT2D eigenvalue weighted by Crippen LogP contribution is -2.54. The van der Waals surface area contributed by atoms with Gasteiger partial charge in [0.15, 0.2) is 9.84 Å². The highest BCUT2D eigenvalue weighted by atomic mass is 32.2. The lowest BCUT2D eigenvalue weighted by atomic mass is 9.95. The van der Waals surface area contributed by atoms with Gasteiger partial charge in [-0.1, -0.05) is 53.7 Å². The van der Waals surface area contributed by atoms with Crippen LogP contribution >= 0.6 is 0 Å². The first-order valence-electron chi connectivity index (χ1n) is 10.1. The zero-order valence-electron chi connectivity index (χ0n) is 17.8. The van der Waals surface area contributed by atoms with E-state index in [4.69, 9.17) is 15.2 Å². The molecular formula is C22H28N2O7S. The van der Waals surface area contributed by atoms with Crippen molar-refractivity contribution in [3.8, 4) is 11.1 Å². The lowest BCUT2D eigenvalue weighted by Gasteiger charge is -2.32. The Morgan fingerprint density at radius 2 is 1.62 bits per heavy atom. The third-order valence-electron chi connectivity index (χ3n) is 5.93. The number of nitrogens with zero attached hydrogens (tertiary/aromatic N) is 1. The first kappa shape index (κ1) is 24.3. The molecular weight excluding hydrogens is 436 g/mol. The minimum Gasteiger partial charge on any atom is -0.393 e. The normalized spacial score (nSPS) is 20.2. The fourth-order valence-corrected chi connectivity index (χ4v) is 4.57. The monoisotopic (exact) mass is 464 g/mol. The second kappa shape index (κ2) is 9.65. The van der Waals surface area contributed by atoms with E-state index in [9.17, 15) is 18.6 Å². The van der Waals surface area contributed by atoms with Crippen molar-refractivity contribution in [1.29, 1.82) is 0 Å². The molecule has 1 aliphatic rings. The number of hydrogen-bond acceptors (Lipinski definition) is 9. The first-order valence-corrected chi connectivity index (χ1v) is 12.0.